The average molecular weight is 248 g/mol. The number of fused-ring (bicyclic) bond motifs is 1. The van der Waals surface area contributed by atoms with Gasteiger partial charge in [0, 0.05) is 6.42 Å². The predicted molar refractivity (Wildman–Crippen MR) is 78.2 cm³/mol. The molecule has 1 unspecified atom stereocenters. The Morgan fingerprint density at radius 3 is 1.95 bits per heavy atom. The molecular formula is C18H16O. The van der Waals surface area contributed by atoms with Crippen molar-refractivity contribution in [3.8, 4) is 11.1 Å². The molecule has 1 heteroatoms. The minimum Gasteiger partial charge on any atom is -0.388 e. The third-order valence-corrected chi connectivity index (χ3v) is 3.45. The van der Waals surface area contributed by atoms with Crippen LogP contribution in [0.2, 0.25) is 0 Å². The van der Waals surface area contributed by atoms with E-state index in [2.05, 4.69) is 42.5 Å². The van der Waals surface area contributed by atoms with Gasteiger partial charge in [-0.05, 0) is 22.3 Å². The van der Waals surface area contributed by atoms with Gasteiger partial charge in [-0.1, -0.05) is 72.8 Å². The fourth-order valence-corrected chi connectivity index (χ4v) is 2.35. The van der Waals surface area contributed by atoms with Crippen molar-refractivity contribution < 1.29 is 5.11 Å². The number of aliphatic hydroxyl groups excluding tert-OH is 1. The van der Waals surface area contributed by atoms with E-state index in [0.717, 1.165) is 11.1 Å². The van der Waals surface area contributed by atoms with E-state index >= 15 is 0 Å². The molecule has 0 radical (unpaired) electrons. The summed E-state index contributed by atoms with van der Waals surface area (Å²) in [5, 5.41) is 10.2. The van der Waals surface area contributed by atoms with E-state index in [9.17, 15) is 5.11 Å². The van der Waals surface area contributed by atoms with Crippen LogP contribution in [0.1, 0.15) is 17.2 Å². The normalized spacial score (nSPS) is 12.5. The molecule has 1 aromatic carbocycles. The second-order valence-corrected chi connectivity index (χ2v) is 4.81. The maximum atomic E-state index is 10.2. The van der Waals surface area contributed by atoms with E-state index in [0.29, 0.717) is 6.42 Å². The van der Waals surface area contributed by atoms with Crippen molar-refractivity contribution in [1.82, 2.24) is 0 Å². The third-order valence-electron chi connectivity index (χ3n) is 3.45. The van der Waals surface area contributed by atoms with Crippen LogP contribution in [0.15, 0.2) is 72.8 Å². The maximum absolute atomic E-state index is 10.2. The molecule has 94 valence electrons. The van der Waals surface area contributed by atoms with Gasteiger partial charge in [-0.25, -0.2) is 0 Å². The standard InChI is InChI=1S/C18H16O/c19-18(17-5-2-1-3-6-17)13-14-9-11-15-7-4-8-16(15)12-10-14/h1-12,18-19H,13H2. The molecule has 0 saturated carbocycles. The van der Waals surface area contributed by atoms with E-state index in [1.165, 1.54) is 11.1 Å². The van der Waals surface area contributed by atoms with Crippen LogP contribution in [0.25, 0.3) is 11.1 Å². The van der Waals surface area contributed by atoms with E-state index in [-0.39, 0.29) is 0 Å². The van der Waals surface area contributed by atoms with Crippen LogP contribution in [-0.2, 0) is 6.42 Å². The van der Waals surface area contributed by atoms with Gasteiger partial charge < -0.3 is 5.11 Å². The molecule has 2 aliphatic rings. The van der Waals surface area contributed by atoms with Gasteiger partial charge in [0.05, 0.1) is 6.10 Å². The Balaban J connectivity index is 1.83. The summed E-state index contributed by atoms with van der Waals surface area (Å²) in [6.45, 7) is 0. The van der Waals surface area contributed by atoms with Crippen LogP contribution >= 0.6 is 0 Å². The van der Waals surface area contributed by atoms with E-state index in [4.69, 9.17) is 0 Å². The lowest BCUT2D eigenvalue weighted by atomic mass is 10.0. The van der Waals surface area contributed by atoms with E-state index < -0.39 is 6.10 Å². The Labute approximate surface area is 113 Å². The first-order valence-electron chi connectivity index (χ1n) is 6.53. The van der Waals surface area contributed by atoms with Crippen molar-refractivity contribution in [2.24, 2.45) is 0 Å². The van der Waals surface area contributed by atoms with Crippen molar-refractivity contribution >= 4 is 0 Å². The summed E-state index contributed by atoms with van der Waals surface area (Å²) in [5.41, 5.74) is 4.58. The fraction of sp³-hybridized carbons (Fsp3) is 0.111. The summed E-state index contributed by atoms with van der Waals surface area (Å²) < 4.78 is 0. The van der Waals surface area contributed by atoms with Gasteiger partial charge in [-0.2, -0.15) is 0 Å². The molecule has 0 spiro atoms. The van der Waals surface area contributed by atoms with Crippen LogP contribution in [0.4, 0.5) is 0 Å². The fourth-order valence-electron chi connectivity index (χ4n) is 2.35. The monoisotopic (exact) mass is 248 g/mol. The van der Waals surface area contributed by atoms with Crippen molar-refractivity contribution in [3.63, 3.8) is 0 Å². The number of hydrogen-bond acceptors (Lipinski definition) is 1. The highest BCUT2D eigenvalue weighted by Gasteiger charge is 2.08. The van der Waals surface area contributed by atoms with Crippen LogP contribution in [0.5, 0.6) is 0 Å². The van der Waals surface area contributed by atoms with E-state index in [1.54, 1.807) is 0 Å². The highest BCUT2D eigenvalue weighted by molar-refractivity contribution is 5.65. The van der Waals surface area contributed by atoms with E-state index in [1.807, 2.05) is 30.3 Å². The largest absolute Gasteiger partial charge is 0.388 e. The Hall–Kier alpha value is -2.12. The minimum absolute atomic E-state index is 0.446. The smallest absolute Gasteiger partial charge is 0.0830 e. The summed E-state index contributed by atoms with van der Waals surface area (Å²) in [6, 6.07) is 24.5. The molecule has 0 fully saturated rings. The van der Waals surface area contributed by atoms with Crippen LogP contribution in [0, 0.1) is 0 Å². The van der Waals surface area contributed by atoms with Crippen molar-refractivity contribution in [1.29, 1.82) is 0 Å². The Morgan fingerprint density at radius 1 is 0.684 bits per heavy atom. The zero-order valence-corrected chi connectivity index (χ0v) is 10.7. The summed E-state index contributed by atoms with van der Waals surface area (Å²) in [4.78, 5) is 0. The van der Waals surface area contributed by atoms with Gasteiger partial charge in [0.25, 0.3) is 0 Å². The SMILES string of the molecule is OC(Cc1ccc2cccc-2cc1)c1ccccc1. The first kappa shape index (κ1) is 11.9. The molecule has 0 saturated heterocycles. The third kappa shape index (κ3) is 2.67. The topological polar surface area (TPSA) is 20.2 Å². The lowest BCUT2D eigenvalue weighted by molar-refractivity contribution is 0.178. The summed E-state index contributed by atoms with van der Waals surface area (Å²) in [7, 11) is 0. The average Bonchev–Trinajstić information content (AvgIpc) is 2.82. The van der Waals surface area contributed by atoms with Gasteiger partial charge in [0.15, 0.2) is 0 Å². The molecule has 2 aliphatic carbocycles. The van der Waals surface area contributed by atoms with Crippen molar-refractivity contribution in [3.05, 3.63) is 83.9 Å². The zero-order valence-electron chi connectivity index (χ0n) is 10.7. The summed E-state index contributed by atoms with van der Waals surface area (Å²) in [5.74, 6) is 0. The van der Waals surface area contributed by atoms with Crippen LogP contribution in [0.3, 0.4) is 0 Å². The molecule has 19 heavy (non-hydrogen) atoms. The molecule has 1 nitrogen and oxygen atoms in total. The number of rotatable bonds is 3. The molecule has 0 heterocycles. The quantitative estimate of drug-likeness (QED) is 0.741. The lowest BCUT2D eigenvalue weighted by Gasteiger charge is -2.09. The predicted octanol–water partition coefficient (Wildman–Crippen LogP) is 4.07. The summed E-state index contributed by atoms with van der Waals surface area (Å²) >= 11 is 0. The second kappa shape index (κ2) is 5.25. The first-order valence-corrected chi connectivity index (χ1v) is 6.53. The highest BCUT2D eigenvalue weighted by Crippen LogP contribution is 2.23. The number of hydrogen-bond donors (Lipinski definition) is 1. The van der Waals surface area contributed by atoms with Gasteiger partial charge in [-0.15, -0.1) is 0 Å². The molecule has 0 aliphatic heterocycles. The number of benzene rings is 1. The van der Waals surface area contributed by atoms with Crippen molar-refractivity contribution in [2.45, 2.75) is 12.5 Å². The van der Waals surface area contributed by atoms with Gasteiger partial charge in [-0.3, -0.25) is 0 Å². The Kier molecular flexibility index (Phi) is 3.30. The minimum atomic E-state index is -0.446. The first-order chi connectivity index (χ1) is 9.33. The van der Waals surface area contributed by atoms with Crippen molar-refractivity contribution in [2.75, 3.05) is 0 Å². The molecule has 1 N–H and O–H groups in total. The molecule has 1 atom stereocenters. The zero-order chi connectivity index (χ0) is 13.1. The maximum Gasteiger partial charge on any atom is 0.0830 e. The molecule has 1 aromatic rings. The molecular weight excluding hydrogens is 232 g/mol. The molecule has 3 rings (SSSR count). The second-order valence-electron chi connectivity index (χ2n) is 4.81. The highest BCUT2D eigenvalue weighted by atomic mass is 16.3. The Morgan fingerprint density at radius 2 is 1.32 bits per heavy atom. The van der Waals surface area contributed by atoms with Crippen LogP contribution in [-0.4, -0.2) is 5.11 Å². The lowest BCUT2D eigenvalue weighted by Crippen LogP contribution is -2.00. The molecule has 0 bridgehead atoms. The molecule has 0 amide bonds. The van der Waals surface area contributed by atoms with Crippen LogP contribution < -0.4 is 0 Å². The number of aliphatic hydroxyl groups is 1. The van der Waals surface area contributed by atoms with Gasteiger partial charge >= 0.3 is 0 Å². The molecule has 0 aromatic heterocycles. The Bertz CT molecular complexity index is 600. The summed E-state index contributed by atoms with van der Waals surface area (Å²) in [6.07, 6.45) is 0.194. The van der Waals surface area contributed by atoms with Gasteiger partial charge in [0.1, 0.15) is 0 Å². The van der Waals surface area contributed by atoms with Gasteiger partial charge in [0.2, 0.25) is 0 Å².